The number of hydrogen-bond acceptors (Lipinski definition) is 3. The Morgan fingerprint density at radius 2 is 1.77 bits per heavy atom. The molecule has 0 saturated carbocycles. The van der Waals surface area contributed by atoms with E-state index in [-0.39, 0.29) is 21.7 Å². The SMILES string of the molecule is O=C1N[C@@H](c2cc(F)ccc2Cl)c2c(NC(=O)N3C[C@](O)(C(F)(F)F)c4cc(F)ccc43)cc(C(F)F)cc21. The van der Waals surface area contributed by atoms with Gasteiger partial charge in [0.15, 0.2) is 0 Å². The van der Waals surface area contributed by atoms with Gasteiger partial charge in [-0.25, -0.2) is 22.4 Å². The third-order valence-corrected chi connectivity index (χ3v) is 6.91. The predicted octanol–water partition coefficient (Wildman–Crippen LogP) is 6.19. The normalized spacial score (nSPS) is 20.2. The summed E-state index contributed by atoms with van der Waals surface area (Å²) in [5.41, 5.74) is -6.48. The Bertz CT molecular complexity index is 1530. The van der Waals surface area contributed by atoms with Crippen molar-refractivity contribution in [3.05, 3.63) is 93.0 Å². The number of halogens is 8. The van der Waals surface area contributed by atoms with Crippen LogP contribution in [0, 0.1) is 11.6 Å². The summed E-state index contributed by atoms with van der Waals surface area (Å²) in [6.07, 6.45) is -8.42. The van der Waals surface area contributed by atoms with Gasteiger partial charge in [-0.3, -0.25) is 9.69 Å². The van der Waals surface area contributed by atoms with Gasteiger partial charge in [-0.15, -0.1) is 0 Å². The van der Waals surface area contributed by atoms with Crippen molar-refractivity contribution in [1.29, 1.82) is 0 Å². The third-order valence-electron chi connectivity index (χ3n) is 6.57. The zero-order chi connectivity index (χ0) is 28.4. The predicted molar refractivity (Wildman–Crippen MR) is 125 cm³/mol. The van der Waals surface area contributed by atoms with Crippen LogP contribution in [0.25, 0.3) is 0 Å². The van der Waals surface area contributed by atoms with Crippen LogP contribution in [-0.4, -0.2) is 29.8 Å². The van der Waals surface area contributed by atoms with E-state index in [9.17, 15) is 45.4 Å². The molecule has 3 amide bonds. The number of benzene rings is 3. The number of aliphatic hydroxyl groups is 1. The number of amides is 3. The Kier molecular flexibility index (Phi) is 6.26. The highest BCUT2D eigenvalue weighted by Crippen LogP contribution is 2.49. The topological polar surface area (TPSA) is 81.7 Å². The number of nitrogens with zero attached hydrogens (tertiary/aromatic N) is 1. The lowest BCUT2D eigenvalue weighted by Crippen LogP contribution is -2.48. The first-order chi connectivity index (χ1) is 18.2. The lowest BCUT2D eigenvalue weighted by atomic mass is 9.94. The van der Waals surface area contributed by atoms with Crippen LogP contribution in [0.4, 0.5) is 46.9 Å². The molecule has 2 aliphatic heterocycles. The van der Waals surface area contributed by atoms with Crippen molar-refractivity contribution in [3.63, 3.8) is 0 Å². The standard InChI is InChI=1S/C25H15ClF7N3O3/c26-16-3-1-11(27)7-13(16)20-19-14(22(37)35-20)5-10(21(29)30)6-17(19)34-23(38)36-9-24(39,25(31,32)33)15-8-12(28)2-4-18(15)36/h1-8,20-21,39H,9H2,(H,34,38)(H,35,37)/t20-,24+/m0/s1. The van der Waals surface area contributed by atoms with E-state index >= 15 is 0 Å². The molecule has 2 aliphatic rings. The third kappa shape index (κ3) is 4.35. The van der Waals surface area contributed by atoms with Crippen molar-refractivity contribution in [2.24, 2.45) is 0 Å². The number of hydrogen-bond donors (Lipinski definition) is 3. The Labute approximate surface area is 220 Å². The van der Waals surface area contributed by atoms with Gasteiger partial charge >= 0.3 is 12.2 Å². The fourth-order valence-electron chi connectivity index (χ4n) is 4.73. The van der Waals surface area contributed by atoms with E-state index in [1.807, 2.05) is 0 Å². The van der Waals surface area contributed by atoms with E-state index in [1.54, 1.807) is 0 Å². The van der Waals surface area contributed by atoms with Gasteiger partial charge in [0, 0.05) is 38.5 Å². The summed E-state index contributed by atoms with van der Waals surface area (Å²) in [6, 6.07) is 4.47. The number of carbonyl (C=O) groups is 2. The van der Waals surface area contributed by atoms with Gasteiger partial charge in [-0.1, -0.05) is 11.6 Å². The molecule has 0 radical (unpaired) electrons. The van der Waals surface area contributed by atoms with Crippen molar-refractivity contribution in [3.8, 4) is 0 Å². The second-order valence-electron chi connectivity index (χ2n) is 8.94. The lowest BCUT2D eigenvalue weighted by Gasteiger charge is -2.27. The highest BCUT2D eigenvalue weighted by molar-refractivity contribution is 6.31. The summed E-state index contributed by atoms with van der Waals surface area (Å²) in [7, 11) is 0. The fourth-order valence-corrected chi connectivity index (χ4v) is 4.96. The molecule has 39 heavy (non-hydrogen) atoms. The van der Waals surface area contributed by atoms with E-state index in [0.717, 1.165) is 36.4 Å². The Balaban J connectivity index is 1.60. The molecule has 3 aromatic rings. The summed E-state index contributed by atoms with van der Waals surface area (Å²) in [5.74, 6) is -2.68. The average Bonchev–Trinajstić information content (AvgIpc) is 3.35. The largest absolute Gasteiger partial charge is 0.423 e. The molecule has 0 aliphatic carbocycles. The van der Waals surface area contributed by atoms with Gasteiger partial charge in [-0.2, -0.15) is 13.2 Å². The molecule has 5 rings (SSSR count). The highest BCUT2D eigenvalue weighted by Gasteiger charge is 2.61. The summed E-state index contributed by atoms with van der Waals surface area (Å²) in [6.45, 7) is -1.37. The van der Waals surface area contributed by atoms with Crippen LogP contribution in [0.2, 0.25) is 5.02 Å². The molecule has 204 valence electrons. The van der Waals surface area contributed by atoms with E-state index in [1.165, 1.54) is 6.07 Å². The molecular weight excluding hydrogens is 559 g/mol. The van der Waals surface area contributed by atoms with E-state index < -0.39 is 76.9 Å². The van der Waals surface area contributed by atoms with Crippen LogP contribution in [-0.2, 0) is 5.60 Å². The van der Waals surface area contributed by atoms with Crippen molar-refractivity contribution in [2.45, 2.75) is 24.2 Å². The first-order valence-corrected chi connectivity index (χ1v) is 11.5. The minimum atomic E-state index is -5.31. The maximum atomic E-state index is 14.0. The van der Waals surface area contributed by atoms with Crippen molar-refractivity contribution in [2.75, 3.05) is 16.8 Å². The van der Waals surface area contributed by atoms with E-state index in [4.69, 9.17) is 11.6 Å². The number of β-amino-alcohol motifs (C(OH)–C–C–N with tert-alkyl or cyclic N) is 1. The quantitative estimate of drug-likeness (QED) is 0.327. The van der Waals surface area contributed by atoms with Gasteiger partial charge in [0.25, 0.3) is 12.3 Å². The maximum Gasteiger partial charge on any atom is 0.423 e. The van der Waals surface area contributed by atoms with Crippen molar-refractivity contribution < 1.29 is 45.4 Å². The highest BCUT2D eigenvalue weighted by atomic mass is 35.5. The molecule has 2 heterocycles. The Morgan fingerprint density at radius 3 is 2.44 bits per heavy atom. The smallest absolute Gasteiger partial charge is 0.375 e. The lowest BCUT2D eigenvalue weighted by molar-refractivity contribution is -0.258. The molecule has 3 N–H and O–H groups in total. The van der Waals surface area contributed by atoms with Crippen molar-refractivity contribution >= 4 is 34.9 Å². The first-order valence-electron chi connectivity index (χ1n) is 11.1. The van der Waals surface area contributed by atoms with E-state index in [2.05, 4.69) is 10.6 Å². The van der Waals surface area contributed by atoms with Crippen LogP contribution < -0.4 is 15.5 Å². The summed E-state index contributed by atoms with van der Waals surface area (Å²) >= 11 is 6.18. The van der Waals surface area contributed by atoms with Crippen LogP contribution in [0.15, 0.2) is 48.5 Å². The number of carbonyl (C=O) groups excluding carboxylic acids is 2. The number of alkyl halides is 5. The molecule has 0 bridgehead atoms. The van der Waals surface area contributed by atoms with Crippen LogP contribution >= 0.6 is 11.6 Å². The number of nitrogens with one attached hydrogen (secondary N) is 2. The van der Waals surface area contributed by atoms with Gasteiger partial charge < -0.3 is 15.7 Å². The minimum Gasteiger partial charge on any atom is -0.375 e. The monoisotopic (exact) mass is 573 g/mol. The number of rotatable bonds is 3. The Hall–Kier alpha value is -3.84. The molecule has 0 spiro atoms. The van der Waals surface area contributed by atoms with Crippen LogP contribution in [0.3, 0.4) is 0 Å². The maximum absolute atomic E-state index is 14.0. The molecule has 0 fully saturated rings. The molecular formula is C25H15ClF7N3O3. The minimum absolute atomic E-state index is 0.00417. The summed E-state index contributed by atoms with van der Waals surface area (Å²) < 4.78 is 96.5. The van der Waals surface area contributed by atoms with Gasteiger partial charge in [0.1, 0.15) is 11.6 Å². The second-order valence-corrected chi connectivity index (χ2v) is 9.35. The van der Waals surface area contributed by atoms with E-state index in [0.29, 0.717) is 11.0 Å². The zero-order valence-electron chi connectivity index (χ0n) is 19.2. The van der Waals surface area contributed by atoms with Gasteiger partial charge in [-0.05, 0) is 48.5 Å². The van der Waals surface area contributed by atoms with Crippen LogP contribution in [0.5, 0.6) is 0 Å². The number of fused-ring (bicyclic) bond motifs is 2. The van der Waals surface area contributed by atoms with Gasteiger partial charge in [0.2, 0.25) is 5.60 Å². The average molecular weight is 574 g/mol. The Morgan fingerprint density at radius 1 is 1.10 bits per heavy atom. The molecule has 3 aromatic carbocycles. The fraction of sp³-hybridized carbons (Fsp3) is 0.200. The molecule has 6 nitrogen and oxygen atoms in total. The second kappa shape index (κ2) is 9.12. The first kappa shape index (κ1) is 26.8. The molecule has 0 aromatic heterocycles. The molecule has 2 atom stereocenters. The zero-order valence-corrected chi connectivity index (χ0v) is 20.0. The van der Waals surface area contributed by atoms with Gasteiger partial charge in [0.05, 0.1) is 18.3 Å². The summed E-state index contributed by atoms with van der Waals surface area (Å²) in [5, 5.41) is 15.1. The van der Waals surface area contributed by atoms with Crippen LogP contribution in [0.1, 0.15) is 45.1 Å². The number of urea groups is 1. The summed E-state index contributed by atoms with van der Waals surface area (Å²) in [4.78, 5) is 26.4. The molecule has 14 heteroatoms. The number of anilines is 2. The van der Waals surface area contributed by atoms with Crippen molar-refractivity contribution in [1.82, 2.24) is 5.32 Å². The molecule has 0 saturated heterocycles. The molecule has 0 unspecified atom stereocenters.